The minimum absolute atomic E-state index is 0.0777. The number of likely N-dealkylation sites (tertiary alicyclic amines) is 1. The summed E-state index contributed by atoms with van der Waals surface area (Å²) in [6, 6.07) is 1.79. The minimum atomic E-state index is -0.157. The zero-order valence-electron chi connectivity index (χ0n) is 9.50. The number of amides is 1. The van der Waals surface area contributed by atoms with E-state index >= 15 is 0 Å². The molecule has 2 fully saturated rings. The largest absolute Gasteiger partial charge is 0.411 e. The molecule has 0 bridgehead atoms. The van der Waals surface area contributed by atoms with E-state index in [4.69, 9.17) is 4.42 Å². The Morgan fingerprint density at radius 1 is 1.39 bits per heavy atom. The van der Waals surface area contributed by atoms with Crippen molar-refractivity contribution < 1.29 is 9.21 Å². The molecule has 0 unspecified atom stereocenters. The first-order valence-electron chi connectivity index (χ1n) is 5.80. The van der Waals surface area contributed by atoms with Gasteiger partial charge in [-0.2, -0.15) is 0 Å². The molecular formula is C11H10N4O2S. The molecule has 1 amide bonds. The lowest BCUT2D eigenvalue weighted by Crippen LogP contribution is -2.51. The zero-order valence-corrected chi connectivity index (χ0v) is 10.3. The van der Waals surface area contributed by atoms with Crippen LogP contribution in [0.3, 0.4) is 0 Å². The van der Waals surface area contributed by atoms with Crippen LogP contribution >= 0.6 is 11.5 Å². The number of aromatic nitrogens is 3. The molecule has 6 nitrogen and oxygen atoms in total. The van der Waals surface area contributed by atoms with Crippen molar-refractivity contribution in [3.05, 3.63) is 18.2 Å². The molecule has 92 valence electrons. The summed E-state index contributed by atoms with van der Waals surface area (Å²) >= 11 is 1.27. The van der Waals surface area contributed by atoms with Gasteiger partial charge < -0.3 is 9.32 Å². The van der Waals surface area contributed by atoms with Crippen LogP contribution in [0.1, 0.15) is 23.5 Å². The molecule has 2 aromatic rings. The molecule has 1 aliphatic heterocycles. The summed E-state index contributed by atoms with van der Waals surface area (Å²) in [4.78, 5) is 14.6. The highest BCUT2D eigenvalue weighted by Crippen LogP contribution is 2.53. The van der Waals surface area contributed by atoms with E-state index in [1.54, 1.807) is 17.2 Å². The highest BCUT2D eigenvalue weighted by atomic mass is 32.1. The average molecular weight is 262 g/mol. The minimum Gasteiger partial charge on any atom is -0.411 e. The Hall–Kier alpha value is -1.76. The maximum Gasteiger partial charge on any atom is 0.311 e. The second-order valence-corrected chi connectivity index (χ2v) is 5.78. The lowest BCUT2D eigenvalue weighted by molar-refractivity contribution is 0.0404. The summed E-state index contributed by atoms with van der Waals surface area (Å²) < 4.78 is 9.35. The predicted octanol–water partition coefficient (Wildman–Crippen LogP) is 1.43. The second-order valence-electron chi connectivity index (χ2n) is 4.95. The molecule has 0 radical (unpaired) electrons. The van der Waals surface area contributed by atoms with Gasteiger partial charge >= 0.3 is 11.8 Å². The van der Waals surface area contributed by atoms with Gasteiger partial charge in [-0.3, -0.25) is 4.79 Å². The summed E-state index contributed by atoms with van der Waals surface area (Å²) in [5.74, 6) is 0.284. The molecule has 1 spiro atoms. The first-order chi connectivity index (χ1) is 8.76. The van der Waals surface area contributed by atoms with Gasteiger partial charge in [-0.05, 0) is 30.4 Å². The Balaban J connectivity index is 1.53. The van der Waals surface area contributed by atoms with Crippen LogP contribution in [0.5, 0.6) is 0 Å². The lowest BCUT2D eigenvalue weighted by atomic mass is 9.97. The number of carbonyl (C=O) groups excluding carboxylic acids is 1. The molecule has 7 heteroatoms. The number of nitrogens with zero attached hydrogens (tertiary/aromatic N) is 4. The van der Waals surface area contributed by atoms with Crippen molar-refractivity contribution in [3.63, 3.8) is 0 Å². The summed E-state index contributed by atoms with van der Waals surface area (Å²) in [5, 5.41) is 7.69. The SMILES string of the molecule is O=C(c1nnc(-c2ccns2)o1)N1CC2(CC2)C1. The van der Waals surface area contributed by atoms with Crippen LogP contribution in [-0.2, 0) is 0 Å². The highest BCUT2D eigenvalue weighted by Gasteiger charge is 2.54. The fourth-order valence-electron chi connectivity index (χ4n) is 2.27. The van der Waals surface area contributed by atoms with E-state index in [2.05, 4.69) is 14.6 Å². The van der Waals surface area contributed by atoms with Gasteiger partial charge in [0, 0.05) is 24.7 Å². The predicted molar refractivity (Wildman–Crippen MR) is 63.0 cm³/mol. The van der Waals surface area contributed by atoms with Crippen molar-refractivity contribution in [2.24, 2.45) is 5.41 Å². The second kappa shape index (κ2) is 3.38. The van der Waals surface area contributed by atoms with Gasteiger partial charge in [-0.1, -0.05) is 0 Å². The molecule has 18 heavy (non-hydrogen) atoms. The fourth-order valence-corrected chi connectivity index (χ4v) is 2.79. The third-order valence-electron chi connectivity index (χ3n) is 3.55. The van der Waals surface area contributed by atoms with Crippen LogP contribution in [-0.4, -0.2) is 38.5 Å². The van der Waals surface area contributed by atoms with Gasteiger partial charge in [0.25, 0.3) is 5.89 Å². The molecule has 2 aliphatic rings. The van der Waals surface area contributed by atoms with Gasteiger partial charge in [0.2, 0.25) is 0 Å². The fraction of sp³-hybridized carbons (Fsp3) is 0.455. The van der Waals surface area contributed by atoms with E-state index in [1.165, 1.54) is 24.4 Å². The molecule has 3 heterocycles. The Morgan fingerprint density at radius 2 is 2.22 bits per heavy atom. The third-order valence-corrected chi connectivity index (χ3v) is 4.29. The van der Waals surface area contributed by atoms with Crippen molar-refractivity contribution in [2.75, 3.05) is 13.1 Å². The van der Waals surface area contributed by atoms with Crippen LogP contribution in [0.4, 0.5) is 0 Å². The van der Waals surface area contributed by atoms with E-state index in [0.717, 1.165) is 18.0 Å². The van der Waals surface area contributed by atoms with Gasteiger partial charge in [0.15, 0.2) is 0 Å². The third kappa shape index (κ3) is 1.47. The molecule has 1 aliphatic carbocycles. The first-order valence-corrected chi connectivity index (χ1v) is 6.57. The molecule has 2 aromatic heterocycles. The summed E-state index contributed by atoms with van der Waals surface area (Å²) in [5.41, 5.74) is 0.441. The summed E-state index contributed by atoms with van der Waals surface area (Å²) in [7, 11) is 0. The van der Waals surface area contributed by atoms with Crippen LogP contribution in [0.25, 0.3) is 10.8 Å². The van der Waals surface area contributed by atoms with Crippen molar-refractivity contribution in [3.8, 4) is 10.8 Å². The van der Waals surface area contributed by atoms with Gasteiger partial charge in [-0.25, -0.2) is 4.37 Å². The topological polar surface area (TPSA) is 72.1 Å². The molecule has 1 saturated carbocycles. The monoisotopic (exact) mass is 262 g/mol. The summed E-state index contributed by atoms with van der Waals surface area (Å²) in [6.07, 6.45) is 4.15. The maximum absolute atomic E-state index is 12.0. The van der Waals surface area contributed by atoms with Crippen molar-refractivity contribution in [1.29, 1.82) is 0 Å². The lowest BCUT2D eigenvalue weighted by Gasteiger charge is -2.38. The molecule has 1 saturated heterocycles. The quantitative estimate of drug-likeness (QED) is 0.818. The number of carbonyl (C=O) groups is 1. The van der Waals surface area contributed by atoms with E-state index in [-0.39, 0.29) is 11.8 Å². The molecular weight excluding hydrogens is 252 g/mol. The molecule has 0 atom stereocenters. The van der Waals surface area contributed by atoms with Crippen molar-refractivity contribution in [1.82, 2.24) is 19.5 Å². The number of hydrogen-bond donors (Lipinski definition) is 0. The first kappa shape index (κ1) is 10.2. The van der Waals surface area contributed by atoms with E-state index in [9.17, 15) is 4.79 Å². The summed E-state index contributed by atoms with van der Waals surface area (Å²) in [6.45, 7) is 1.67. The molecule has 0 N–H and O–H groups in total. The molecule has 4 rings (SSSR count). The van der Waals surface area contributed by atoms with Crippen molar-refractivity contribution in [2.45, 2.75) is 12.8 Å². The smallest absolute Gasteiger partial charge is 0.311 e. The van der Waals surface area contributed by atoms with E-state index in [1.807, 2.05) is 0 Å². The van der Waals surface area contributed by atoms with Crippen molar-refractivity contribution >= 4 is 17.4 Å². The van der Waals surface area contributed by atoms with E-state index in [0.29, 0.717) is 11.3 Å². The average Bonchev–Trinajstić information content (AvgIpc) is 2.80. The Labute approximate surface area is 107 Å². The Kier molecular flexibility index (Phi) is 1.91. The molecule has 0 aromatic carbocycles. The van der Waals surface area contributed by atoms with Gasteiger partial charge in [0.05, 0.1) is 0 Å². The Bertz CT molecular complexity index is 594. The zero-order chi connectivity index (χ0) is 12.2. The Morgan fingerprint density at radius 3 is 2.89 bits per heavy atom. The standard InChI is InChI=1S/C11H10N4O2S/c16-10(15-5-11(6-15)2-3-11)9-14-13-8(17-9)7-1-4-12-18-7/h1,4H,2-3,5-6H2. The van der Waals surface area contributed by atoms with Crippen LogP contribution in [0.15, 0.2) is 16.7 Å². The van der Waals surface area contributed by atoms with Gasteiger partial charge in [-0.15, -0.1) is 10.2 Å². The highest BCUT2D eigenvalue weighted by molar-refractivity contribution is 7.09. The van der Waals surface area contributed by atoms with Crippen LogP contribution < -0.4 is 0 Å². The van der Waals surface area contributed by atoms with Crippen LogP contribution in [0, 0.1) is 5.41 Å². The number of rotatable bonds is 2. The van der Waals surface area contributed by atoms with Gasteiger partial charge in [0.1, 0.15) is 4.88 Å². The van der Waals surface area contributed by atoms with Crippen LogP contribution in [0.2, 0.25) is 0 Å². The maximum atomic E-state index is 12.0. The normalized spacial score (nSPS) is 19.9. The van der Waals surface area contributed by atoms with E-state index < -0.39 is 0 Å². The number of hydrogen-bond acceptors (Lipinski definition) is 6.